The van der Waals surface area contributed by atoms with Crippen molar-refractivity contribution in [3.63, 3.8) is 0 Å². The van der Waals surface area contributed by atoms with E-state index < -0.39 is 0 Å². The van der Waals surface area contributed by atoms with Gasteiger partial charge in [0.15, 0.2) is 4.96 Å². The molecule has 1 amide bonds. The molecule has 1 aromatic carbocycles. The van der Waals surface area contributed by atoms with Gasteiger partial charge in [-0.15, -0.1) is 23.1 Å². The molecule has 118 valence electrons. The second-order valence-electron chi connectivity index (χ2n) is 4.69. The number of benzene rings is 1. The molecule has 0 bridgehead atoms. The molecule has 0 aliphatic carbocycles. The Balaban J connectivity index is 1.54. The van der Waals surface area contributed by atoms with Gasteiger partial charge >= 0.3 is 0 Å². The summed E-state index contributed by atoms with van der Waals surface area (Å²) in [5.74, 6) is 0.755. The zero-order valence-electron chi connectivity index (χ0n) is 11.9. The summed E-state index contributed by atoms with van der Waals surface area (Å²) in [7, 11) is 0. The van der Waals surface area contributed by atoms with Crippen molar-refractivity contribution in [2.45, 2.75) is 5.75 Å². The smallest absolute Gasteiger partial charge is 0.258 e. The fraction of sp³-hybridized carbons (Fsp3) is 0.133. The van der Waals surface area contributed by atoms with Gasteiger partial charge < -0.3 is 5.32 Å². The summed E-state index contributed by atoms with van der Waals surface area (Å²) in [6.45, 7) is 0. The molecule has 3 aromatic rings. The number of halogens is 1. The summed E-state index contributed by atoms with van der Waals surface area (Å²) in [5.41, 5.74) is 1.36. The lowest BCUT2D eigenvalue weighted by Crippen LogP contribution is -2.15. The van der Waals surface area contributed by atoms with E-state index >= 15 is 0 Å². The number of carbonyl (C=O) groups excluding carboxylic acids is 1. The lowest BCUT2D eigenvalue weighted by Gasteiger charge is -2.05. The first-order valence-electron chi connectivity index (χ1n) is 6.71. The molecule has 0 unspecified atom stereocenters. The van der Waals surface area contributed by atoms with E-state index in [4.69, 9.17) is 0 Å². The average molecular weight is 410 g/mol. The van der Waals surface area contributed by atoms with Crippen molar-refractivity contribution in [1.82, 2.24) is 9.38 Å². The third kappa shape index (κ3) is 4.21. The fourth-order valence-corrected chi connectivity index (χ4v) is 3.66. The minimum atomic E-state index is -0.0915. The maximum atomic E-state index is 11.9. The number of hydrogen-bond acceptors (Lipinski definition) is 5. The number of aromatic nitrogens is 2. The number of thioether (sulfide) groups is 1. The van der Waals surface area contributed by atoms with E-state index in [1.165, 1.54) is 33.6 Å². The van der Waals surface area contributed by atoms with Crippen molar-refractivity contribution in [3.05, 3.63) is 62.4 Å². The van der Waals surface area contributed by atoms with E-state index in [0.717, 1.165) is 10.2 Å². The predicted octanol–water partition coefficient (Wildman–Crippen LogP) is 3.39. The van der Waals surface area contributed by atoms with Crippen LogP contribution in [0.5, 0.6) is 0 Å². The van der Waals surface area contributed by atoms with Crippen molar-refractivity contribution in [1.29, 1.82) is 0 Å². The zero-order valence-corrected chi connectivity index (χ0v) is 15.1. The second kappa shape index (κ2) is 7.29. The van der Waals surface area contributed by atoms with Crippen LogP contribution in [0.2, 0.25) is 0 Å². The SMILES string of the molecule is O=C(CSCc1cc(=O)n2ccsc2n1)Nc1ccc(Br)cc1. The van der Waals surface area contributed by atoms with Crippen molar-refractivity contribution in [2.75, 3.05) is 11.1 Å². The summed E-state index contributed by atoms with van der Waals surface area (Å²) in [5, 5.41) is 4.65. The highest BCUT2D eigenvalue weighted by Gasteiger charge is 2.06. The number of hydrogen-bond donors (Lipinski definition) is 1. The van der Waals surface area contributed by atoms with Crippen LogP contribution < -0.4 is 10.9 Å². The Bertz CT molecular complexity index is 890. The Morgan fingerprint density at radius 3 is 2.91 bits per heavy atom. The van der Waals surface area contributed by atoms with Crippen LogP contribution in [0.25, 0.3) is 4.96 Å². The summed E-state index contributed by atoms with van der Waals surface area (Å²) in [6, 6.07) is 8.92. The molecule has 23 heavy (non-hydrogen) atoms. The van der Waals surface area contributed by atoms with Gasteiger partial charge in [0.05, 0.1) is 11.4 Å². The number of anilines is 1. The van der Waals surface area contributed by atoms with Gasteiger partial charge in [0, 0.05) is 33.6 Å². The van der Waals surface area contributed by atoms with Gasteiger partial charge in [0.1, 0.15) is 0 Å². The van der Waals surface area contributed by atoms with E-state index in [1.807, 2.05) is 29.6 Å². The Labute approximate surface area is 148 Å². The molecule has 0 atom stereocenters. The molecule has 0 radical (unpaired) electrons. The van der Waals surface area contributed by atoms with Gasteiger partial charge in [-0.2, -0.15) is 0 Å². The van der Waals surface area contributed by atoms with E-state index in [2.05, 4.69) is 26.2 Å². The van der Waals surface area contributed by atoms with Crippen LogP contribution in [0, 0.1) is 0 Å². The van der Waals surface area contributed by atoms with E-state index in [9.17, 15) is 9.59 Å². The molecule has 0 spiro atoms. The van der Waals surface area contributed by atoms with Gasteiger partial charge in [-0.25, -0.2) is 4.98 Å². The van der Waals surface area contributed by atoms with E-state index in [-0.39, 0.29) is 11.5 Å². The summed E-state index contributed by atoms with van der Waals surface area (Å²) < 4.78 is 2.48. The standard InChI is InChI=1S/C15H12BrN3O2S2/c16-10-1-3-11(4-2-10)17-13(20)9-22-8-12-7-14(21)19-5-6-23-15(19)18-12/h1-7H,8-9H2,(H,17,20). The molecule has 1 N–H and O–H groups in total. The highest BCUT2D eigenvalue weighted by atomic mass is 79.9. The summed E-state index contributed by atoms with van der Waals surface area (Å²) in [6.07, 6.45) is 1.71. The monoisotopic (exact) mass is 409 g/mol. The molecular weight excluding hydrogens is 398 g/mol. The van der Waals surface area contributed by atoms with Crippen molar-refractivity contribution in [3.8, 4) is 0 Å². The number of nitrogens with one attached hydrogen (secondary N) is 1. The average Bonchev–Trinajstić information content (AvgIpc) is 2.99. The molecule has 8 heteroatoms. The van der Waals surface area contributed by atoms with Crippen LogP contribution in [0.3, 0.4) is 0 Å². The molecular formula is C15H12BrN3O2S2. The number of thiazole rings is 1. The number of rotatable bonds is 5. The zero-order chi connectivity index (χ0) is 16.2. The molecule has 0 saturated heterocycles. The third-order valence-corrected chi connectivity index (χ3v) is 5.22. The van der Waals surface area contributed by atoms with Crippen LogP contribution in [0.15, 0.2) is 51.2 Å². The lowest BCUT2D eigenvalue weighted by molar-refractivity contribution is -0.113. The first-order valence-corrected chi connectivity index (χ1v) is 9.53. The Hall–Kier alpha value is -1.64. The first-order chi connectivity index (χ1) is 11.1. The van der Waals surface area contributed by atoms with E-state index in [0.29, 0.717) is 22.2 Å². The Morgan fingerprint density at radius 1 is 1.35 bits per heavy atom. The number of fused-ring (bicyclic) bond motifs is 1. The van der Waals surface area contributed by atoms with Crippen molar-refractivity contribution >= 4 is 55.6 Å². The largest absolute Gasteiger partial charge is 0.325 e. The lowest BCUT2D eigenvalue weighted by atomic mass is 10.3. The Morgan fingerprint density at radius 2 is 2.13 bits per heavy atom. The third-order valence-electron chi connectivity index (χ3n) is 2.97. The molecule has 0 aliphatic rings. The molecule has 3 rings (SSSR count). The molecule has 2 heterocycles. The maximum Gasteiger partial charge on any atom is 0.258 e. The van der Waals surface area contributed by atoms with Gasteiger partial charge in [0.25, 0.3) is 5.56 Å². The van der Waals surface area contributed by atoms with Gasteiger partial charge in [-0.1, -0.05) is 15.9 Å². The molecule has 2 aromatic heterocycles. The number of carbonyl (C=O) groups is 1. The second-order valence-corrected chi connectivity index (χ2v) is 7.46. The minimum absolute atomic E-state index is 0.0775. The maximum absolute atomic E-state index is 11.9. The van der Waals surface area contributed by atoms with E-state index in [1.54, 1.807) is 6.20 Å². The fourth-order valence-electron chi connectivity index (χ4n) is 1.94. The van der Waals surface area contributed by atoms with Gasteiger partial charge in [-0.05, 0) is 24.3 Å². The molecule has 0 aliphatic heterocycles. The topological polar surface area (TPSA) is 63.5 Å². The summed E-state index contributed by atoms with van der Waals surface area (Å²) >= 11 is 6.20. The van der Waals surface area contributed by atoms with Crippen LogP contribution in [0.4, 0.5) is 5.69 Å². The highest BCUT2D eigenvalue weighted by molar-refractivity contribution is 9.10. The van der Waals surface area contributed by atoms with Crippen molar-refractivity contribution in [2.24, 2.45) is 0 Å². The van der Waals surface area contributed by atoms with Crippen LogP contribution in [-0.2, 0) is 10.5 Å². The molecule has 5 nitrogen and oxygen atoms in total. The van der Waals surface area contributed by atoms with Crippen LogP contribution in [0.1, 0.15) is 5.69 Å². The summed E-state index contributed by atoms with van der Waals surface area (Å²) in [4.78, 5) is 28.8. The van der Waals surface area contributed by atoms with Crippen LogP contribution in [-0.4, -0.2) is 21.0 Å². The van der Waals surface area contributed by atoms with Crippen LogP contribution >= 0.6 is 39.0 Å². The number of amides is 1. The quantitative estimate of drug-likeness (QED) is 0.701. The van der Waals surface area contributed by atoms with Gasteiger partial charge in [0.2, 0.25) is 5.91 Å². The highest BCUT2D eigenvalue weighted by Crippen LogP contribution is 2.16. The predicted molar refractivity (Wildman–Crippen MR) is 98.3 cm³/mol. The molecule has 0 saturated carbocycles. The van der Waals surface area contributed by atoms with Gasteiger partial charge in [-0.3, -0.25) is 14.0 Å². The first kappa shape index (κ1) is 16.2. The number of nitrogens with zero attached hydrogens (tertiary/aromatic N) is 2. The van der Waals surface area contributed by atoms with Crippen molar-refractivity contribution < 1.29 is 4.79 Å². The Kier molecular flexibility index (Phi) is 5.14. The molecule has 0 fully saturated rings. The normalized spacial score (nSPS) is 10.8. The minimum Gasteiger partial charge on any atom is -0.325 e.